The number of hydrogen-bond acceptors (Lipinski definition) is 4. The molecule has 0 aliphatic carbocycles. The summed E-state index contributed by atoms with van der Waals surface area (Å²) in [5.74, 6) is 1.51. The van der Waals surface area contributed by atoms with E-state index >= 15 is 0 Å². The monoisotopic (exact) mass is 362 g/mol. The van der Waals surface area contributed by atoms with Crippen LogP contribution in [0.1, 0.15) is 32.1 Å². The molecule has 1 amide bonds. The molecule has 1 N–H and O–H groups in total. The second kappa shape index (κ2) is 10.2. The second-order valence-corrected chi connectivity index (χ2v) is 8.13. The molecule has 0 aromatic heterocycles. The third-order valence-corrected chi connectivity index (χ3v) is 6.34. The minimum atomic E-state index is 0.206. The molecule has 0 spiro atoms. The molecule has 3 rings (SSSR count). The number of likely N-dealkylation sites (tertiary alicyclic amines) is 1. The molecule has 2 aliphatic rings. The van der Waals surface area contributed by atoms with Crippen molar-refractivity contribution in [3.8, 4) is 0 Å². The maximum atomic E-state index is 12.4. The van der Waals surface area contributed by atoms with Crippen molar-refractivity contribution >= 4 is 17.7 Å². The second-order valence-electron chi connectivity index (χ2n) is 6.96. The Kier molecular flexibility index (Phi) is 7.64. The lowest BCUT2D eigenvalue weighted by Gasteiger charge is -2.38. The molecular formula is C20H30N2O2S. The Morgan fingerprint density at radius 2 is 1.84 bits per heavy atom. The van der Waals surface area contributed by atoms with Crippen molar-refractivity contribution in [1.82, 2.24) is 10.2 Å². The number of piperidine rings is 1. The van der Waals surface area contributed by atoms with Gasteiger partial charge in [-0.05, 0) is 63.1 Å². The van der Waals surface area contributed by atoms with Crippen LogP contribution in [0.3, 0.4) is 0 Å². The Hall–Kier alpha value is -1.04. The molecule has 25 heavy (non-hydrogen) atoms. The number of ether oxygens (including phenoxy) is 1. The molecule has 2 saturated heterocycles. The highest BCUT2D eigenvalue weighted by atomic mass is 32.2. The molecule has 1 aromatic carbocycles. The fourth-order valence-electron chi connectivity index (χ4n) is 3.71. The van der Waals surface area contributed by atoms with Gasteiger partial charge in [-0.3, -0.25) is 4.79 Å². The third kappa shape index (κ3) is 6.01. The van der Waals surface area contributed by atoms with Crippen molar-refractivity contribution in [3.05, 3.63) is 30.3 Å². The zero-order valence-corrected chi connectivity index (χ0v) is 15.8. The fraction of sp³-hybridized carbons (Fsp3) is 0.650. The number of rotatable bonds is 7. The molecule has 2 fully saturated rings. The molecule has 0 saturated carbocycles. The van der Waals surface area contributed by atoms with Gasteiger partial charge >= 0.3 is 0 Å². The zero-order chi connectivity index (χ0) is 17.3. The molecular weight excluding hydrogens is 332 g/mol. The normalized spacial score (nSPS) is 20.5. The van der Waals surface area contributed by atoms with Gasteiger partial charge < -0.3 is 15.0 Å². The Bertz CT molecular complexity index is 512. The van der Waals surface area contributed by atoms with Gasteiger partial charge in [0.25, 0.3) is 0 Å². The van der Waals surface area contributed by atoms with E-state index in [-0.39, 0.29) is 11.8 Å². The van der Waals surface area contributed by atoms with Crippen LogP contribution in [0, 0.1) is 5.92 Å². The van der Waals surface area contributed by atoms with Crippen LogP contribution in [-0.4, -0.2) is 55.4 Å². The lowest BCUT2D eigenvalue weighted by molar-refractivity contribution is -0.126. The smallest absolute Gasteiger partial charge is 0.223 e. The Balaban J connectivity index is 1.27. The number of carbonyl (C=O) groups is 1. The van der Waals surface area contributed by atoms with Crippen molar-refractivity contribution < 1.29 is 9.53 Å². The van der Waals surface area contributed by atoms with Crippen molar-refractivity contribution in [1.29, 1.82) is 0 Å². The number of hydrogen-bond donors (Lipinski definition) is 1. The van der Waals surface area contributed by atoms with Crippen LogP contribution < -0.4 is 5.32 Å². The van der Waals surface area contributed by atoms with Crippen LogP contribution >= 0.6 is 11.8 Å². The summed E-state index contributed by atoms with van der Waals surface area (Å²) in [4.78, 5) is 16.2. The number of carbonyl (C=O) groups excluding carboxylic acids is 1. The van der Waals surface area contributed by atoms with Crippen molar-refractivity contribution in [2.45, 2.75) is 43.0 Å². The molecule has 138 valence electrons. The molecule has 0 unspecified atom stereocenters. The molecule has 2 heterocycles. The van der Waals surface area contributed by atoms with Gasteiger partial charge in [0.15, 0.2) is 0 Å². The summed E-state index contributed by atoms with van der Waals surface area (Å²) in [6, 6.07) is 11.1. The summed E-state index contributed by atoms with van der Waals surface area (Å²) in [6.07, 6.45) is 5.32. The van der Waals surface area contributed by atoms with Crippen LogP contribution in [0.5, 0.6) is 0 Å². The summed E-state index contributed by atoms with van der Waals surface area (Å²) in [6.45, 7) is 4.70. The highest BCUT2D eigenvalue weighted by molar-refractivity contribution is 7.99. The van der Waals surface area contributed by atoms with E-state index < -0.39 is 0 Å². The molecule has 5 heteroatoms. The van der Waals surface area contributed by atoms with Crippen molar-refractivity contribution in [2.24, 2.45) is 5.92 Å². The van der Waals surface area contributed by atoms with Crippen LogP contribution in [0.2, 0.25) is 0 Å². The Morgan fingerprint density at radius 1 is 1.12 bits per heavy atom. The van der Waals surface area contributed by atoms with Crippen molar-refractivity contribution in [2.75, 3.05) is 38.6 Å². The van der Waals surface area contributed by atoms with Crippen LogP contribution in [0.4, 0.5) is 0 Å². The molecule has 0 atom stereocenters. The molecule has 0 bridgehead atoms. The standard InChI is InChI=1S/C20H30N2O2S/c23-20(21-11-4-16-25-19-5-2-1-3-6-19)17-7-12-22(13-8-17)18-9-14-24-15-10-18/h1-3,5-6,17-18H,4,7-16H2,(H,21,23). The van der Waals surface area contributed by atoms with Gasteiger partial charge in [-0.25, -0.2) is 0 Å². The van der Waals surface area contributed by atoms with Gasteiger partial charge in [0.2, 0.25) is 5.91 Å². The number of nitrogens with one attached hydrogen (secondary N) is 1. The molecule has 2 aliphatic heterocycles. The van der Waals surface area contributed by atoms with Gasteiger partial charge in [-0.2, -0.15) is 0 Å². The Labute approximate surface area is 155 Å². The first-order valence-corrected chi connectivity index (χ1v) is 10.6. The van der Waals surface area contributed by atoms with Crippen LogP contribution in [0.15, 0.2) is 35.2 Å². The van der Waals surface area contributed by atoms with E-state index in [9.17, 15) is 4.79 Å². The van der Waals surface area contributed by atoms with Gasteiger partial charge in [-0.15, -0.1) is 11.8 Å². The molecule has 1 aromatic rings. The zero-order valence-electron chi connectivity index (χ0n) is 15.0. The SMILES string of the molecule is O=C(NCCCSc1ccccc1)C1CCN(C2CCOCC2)CC1. The highest BCUT2D eigenvalue weighted by Crippen LogP contribution is 2.23. The fourth-order valence-corrected chi connectivity index (χ4v) is 4.59. The van der Waals surface area contributed by atoms with Gasteiger partial charge in [0.05, 0.1) is 0 Å². The van der Waals surface area contributed by atoms with Crippen molar-refractivity contribution in [3.63, 3.8) is 0 Å². The number of benzene rings is 1. The minimum absolute atomic E-state index is 0.206. The topological polar surface area (TPSA) is 41.6 Å². The van der Waals surface area contributed by atoms with E-state index in [0.717, 1.165) is 70.7 Å². The van der Waals surface area contributed by atoms with E-state index in [1.54, 1.807) is 0 Å². The minimum Gasteiger partial charge on any atom is -0.381 e. The molecule has 4 nitrogen and oxygen atoms in total. The first-order valence-electron chi connectivity index (χ1n) is 9.60. The van der Waals surface area contributed by atoms with E-state index in [1.807, 2.05) is 17.8 Å². The van der Waals surface area contributed by atoms with Crippen LogP contribution in [-0.2, 0) is 9.53 Å². The maximum absolute atomic E-state index is 12.4. The lowest BCUT2D eigenvalue weighted by atomic mass is 9.93. The van der Waals surface area contributed by atoms with E-state index in [0.29, 0.717) is 6.04 Å². The Morgan fingerprint density at radius 3 is 2.56 bits per heavy atom. The average molecular weight is 363 g/mol. The maximum Gasteiger partial charge on any atom is 0.223 e. The largest absolute Gasteiger partial charge is 0.381 e. The number of thioether (sulfide) groups is 1. The predicted molar refractivity (Wildman–Crippen MR) is 103 cm³/mol. The van der Waals surface area contributed by atoms with Gasteiger partial charge in [0.1, 0.15) is 0 Å². The summed E-state index contributed by atoms with van der Waals surface area (Å²) in [5.41, 5.74) is 0. The predicted octanol–water partition coefficient (Wildman–Crippen LogP) is 3.18. The third-order valence-electron chi connectivity index (χ3n) is 5.24. The first-order chi connectivity index (χ1) is 12.3. The van der Waals surface area contributed by atoms with Gasteiger partial charge in [0, 0.05) is 36.6 Å². The summed E-state index contributed by atoms with van der Waals surface area (Å²) in [7, 11) is 0. The quantitative estimate of drug-likeness (QED) is 0.597. The average Bonchev–Trinajstić information content (AvgIpc) is 2.69. The number of amides is 1. The summed E-state index contributed by atoms with van der Waals surface area (Å²) in [5, 5.41) is 3.14. The summed E-state index contributed by atoms with van der Waals surface area (Å²) < 4.78 is 5.45. The van der Waals surface area contributed by atoms with E-state index in [4.69, 9.17) is 4.74 Å². The first kappa shape index (κ1) is 18.7. The van der Waals surface area contributed by atoms with E-state index in [1.165, 1.54) is 4.90 Å². The number of nitrogens with zero attached hydrogens (tertiary/aromatic N) is 1. The molecule has 0 radical (unpaired) electrons. The van der Waals surface area contributed by atoms with Gasteiger partial charge in [-0.1, -0.05) is 18.2 Å². The van der Waals surface area contributed by atoms with E-state index in [2.05, 4.69) is 34.5 Å². The lowest BCUT2D eigenvalue weighted by Crippen LogP contribution is -2.46. The highest BCUT2D eigenvalue weighted by Gasteiger charge is 2.29. The van der Waals surface area contributed by atoms with Crippen LogP contribution in [0.25, 0.3) is 0 Å². The summed E-state index contributed by atoms with van der Waals surface area (Å²) >= 11 is 1.86.